The number of fused-ring (bicyclic) bond motifs is 1. The summed E-state index contributed by atoms with van der Waals surface area (Å²) in [6, 6.07) is 29.8. The summed E-state index contributed by atoms with van der Waals surface area (Å²) in [4.78, 5) is 16.8. The van der Waals surface area contributed by atoms with Crippen LogP contribution in [0.25, 0.3) is 0 Å². The summed E-state index contributed by atoms with van der Waals surface area (Å²) in [7, 11) is 0. The third-order valence-electron chi connectivity index (χ3n) is 5.11. The van der Waals surface area contributed by atoms with E-state index in [9.17, 15) is 4.79 Å². The van der Waals surface area contributed by atoms with Crippen LogP contribution in [0.3, 0.4) is 0 Å². The number of hydrazine groups is 1. The van der Waals surface area contributed by atoms with Gasteiger partial charge in [0.25, 0.3) is 5.24 Å². The molecule has 0 unspecified atom stereocenters. The second-order valence-electron chi connectivity index (χ2n) is 6.69. The Hall–Kier alpha value is -3.25. The number of carbonyl (C=O) groups is 1. The van der Waals surface area contributed by atoms with Gasteiger partial charge in [-0.15, -0.1) is 0 Å². The van der Waals surface area contributed by atoms with Crippen LogP contribution < -0.4 is 10.7 Å². The zero-order chi connectivity index (χ0) is 19.0. The van der Waals surface area contributed by atoms with Gasteiger partial charge in [0.15, 0.2) is 10.5 Å². The van der Waals surface area contributed by atoms with Crippen molar-refractivity contribution < 1.29 is 4.79 Å². The fourth-order valence-electron chi connectivity index (χ4n) is 3.89. The SMILES string of the molecule is O=C1N[C@]2(c3ccccc3)N(Nc3ccccc3)C=N[C@]2(c2ccccc2)S1. The number of hydrogen-bond acceptors (Lipinski definition) is 5. The predicted octanol–water partition coefficient (Wildman–Crippen LogP) is 4.52. The van der Waals surface area contributed by atoms with Crippen molar-refractivity contribution in [3.05, 3.63) is 102 Å². The Kier molecular flexibility index (Phi) is 3.87. The molecule has 0 saturated carbocycles. The summed E-state index contributed by atoms with van der Waals surface area (Å²) in [6.45, 7) is 0. The Labute approximate surface area is 167 Å². The summed E-state index contributed by atoms with van der Waals surface area (Å²) < 4.78 is 0. The number of nitrogens with one attached hydrogen (secondary N) is 2. The lowest BCUT2D eigenvalue weighted by Gasteiger charge is -2.43. The fraction of sp³-hybridized carbons (Fsp3) is 0.0909. The Morgan fingerprint density at radius 1 is 0.821 bits per heavy atom. The Morgan fingerprint density at radius 3 is 2.04 bits per heavy atom. The molecule has 3 aromatic rings. The molecule has 2 heterocycles. The van der Waals surface area contributed by atoms with E-state index in [1.165, 1.54) is 11.8 Å². The van der Waals surface area contributed by atoms with Crippen LogP contribution in [0.5, 0.6) is 0 Å². The molecule has 1 amide bonds. The van der Waals surface area contributed by atoms with Gasteiger partial charge in [0, 0.05) is 5.56 Å². The third kappa shape index (κ3) is 2.34. The molecule has 0 radical (unpaired) electrons. The van der Waals surface area contributed by atoms with Crippen molar-refractivity contribution in [2.45, 2.75) is 10.5 Å². The lowest BCUT2D eigenvalue weighted by molar-refractivity contribution is 0.149. The Bertz CT molecular complexity index is 1030. The van der Waals surface area contributed by atoms with E-state index < -0.39 is 10.5 Å². The number of anilines is 1. The van der Waals surface area contributed by atoms with Crippen LogP contribution >= 0.6 is 11.8 Å². The highest BCUT2D eigenvalue weighted by atomic mass is 32.2. The molecule has 28 heavy (non-hydrogen) atoms. The van der Waals surface area contributed by atoms with Crippen LogP contribution in [0.15, 0.2) is 96.0 Å². The van der Waals surface area contributed by atoms with Gasteiger partial charge >= 0.3 is 0 Å². The highest BCUT2D eigenvalue weighted by Crippen LogP contribution is 2.59. The molecule has 2 N–H and O–H groups in total. The van der Waals surface area contributed by atoms with E-state index in [-0.39, 0.29) is 5.24 Å². The van der Waals surface area contributed by atoms with Gasteiger partial charge < -0.3 is 5.32 Å². The summed E-state index contributed by atoms with van der Waals surface area (Å²) >= 11 is 1.22. The zero-order valence-corrected chi connectivity index (χ0v) is 15.8. The molecule has 0 bridgehead atoms. The van der Waals surface area contributed by atoms with E-state index in [1.807, 2.05) is 96.0 Å². The van der Waals surface area contributed by atoms with E-state index in [4.69, 9.17) is 4.99 Å². The van der Waals surface area contributed by atoms with Crippen molar-refractivity contribution in [1.29, 1.82) is 0 Å². The van der Waals surface area contributed by atoms with Gasteiger partial charge in [0.2, 0.25) is 0 Å². The summed E-state index contributed by atoms with van der Waals surface area (Å²) in [5.41, 5.74) is 5.37. The highest BCUT2D eigenvalue weighted by Gasteiger charge is 2.67. The van der Waals surface area contributed by atoms with Crippen LogP contribution in [0, 0.1) is 0 Å². The monoisotopic (exact) mass is 386 g/mol. The second kappa shape index (κ2) is 6.42. The first-order chi connectivity index (χ1) is 13.7. The van der Waals surface area contributed by atoms with Gasteiger partial charge in [0.05, 0.1) is 5.69 Å². The minimum atomic E-state index is -0.896. The van der Waals surface area contributed by atoms with E-state index in [2.05, 4.69) is 10.7 Å². The number of benzene rings is 3. The molecule has 2 atom stereocenters. The normalized spacial score (nSPS) is 25.4. The van der Waals surface area contributed by atoms with E-state index >= 15 is 0 Å². The number of hydrogen-bond donors (Lipinski definition) is 2. The van der Waals surface area contributed by atoms with E-state index in [1.54, 1.807) is 6.34 Å². The average Bonchev–Trinajstić information content (AvgIpc) is 3.22. The molecule has 2 aliphatic heterocycles. The van der Waals surface area contributed by atoms with Gasteiger partial charge in [0.1, 0.15) is 6.34 Å². The van der Waals surface area contributed by atoms with Gasteiger partial charge in [-0.2, -0.15) is 0 Å². The van der Waals surface area contributed by atoms with Crippen LogP contribution in [-0.2, 0) is 10.5 Å². The van der Waals surface area contributed by atoms with Crippen molar-refractivity contribution in [3.8, 4) is 0 Å². The first-order valence-corrected chi connectivity index (χ1v) is 9.85. The van der Waals surface area contributed by atoms with Gasteiger partial charge in [-0.3, -0.25) is 10.2 Å². The summed E-state index contributed by atoms with van der Waals surface area (Å²) in [6.07, 6.45) is 1.78. The van der Waals surface area contributed by atoms with Crippen molar-refractivity contribution in [2.24, 2.45) is 4.99 Å². The largest absolute Gasteiger partial charge is 0.316 e. The van der Waals surface area contributed by atoms with Crippen molar-refractivity contribution in [3.63, 3.8) is 0 Å². The Morgan fingerprint density at radius 2 is 1.39 bits per heavy atom. The fourth-order valence-corrected chi connectivity index (χ4v) is 5.13. The molecule has 0 aromatic heterocycles. The smallest absolute Gasteiger partial charge is 0.284 e. The predicted molar refractivity (Wildman–Crippen MR) is 113 cm³/mol. The molecule has 5 rings (SSSR count). The maximum absolute atomic E-state index is 12.7. The first-order valence-electron chi connectivity index (χ1n) is 9.03. The molecule has 2 aliphatic rings. The number of carbonyl (C=O) groups excluding carboxylic acids is 1. The van der Waals surface area contributed by atoms with Gasteiger partial charge in [-0.1, -0.05) is 78.9 Å². The molecule has 1 saturated heterocycles. The molecule has 5 nitrogen and oxygen atoms in total. The van der Waals surface area contributed by atoms with Gasteiger partial charge in [-0.05, 0) is 29.5 Å². The van der Waals surface area contributed by atoms with Crippen molar-refractivity contribution >= 4 is 29.0 Å². The van der Waals surface area contributed by atoms with Gasteiger partial charge in [-0.25, -0.2) is 10.0 Å². The molecular weight excluding hydrogens is 368 g/mol. The van der Waals surface area contributed by atoms with Crippen LogP contribution in [-0.4, -0.2) is 16.6 Å². The maximum Gasteiger partial charge on any atom is 0.284 e. The number of rotatable bonds is 4. The summed E-state index contributed by atoms with van der Waals surface area (Å²) in [5.74, 6) is 0. The molecule has 3 aromatic carbocycles. The number of thioether (sulfide) groups is 1. The van der Waals surface area contributed by atoms with Crippen LogP contribution in [0.4, 0.5) is 10.5 Å². The molecule has 138 valence electrons. The standard InChI is InChI=1S/C22H18N4OS/c27-20-24-21(17-10-4-1-5-11-17)22(28-20,18-12-6-2-7-13-18)23-16-26(21)25-19-14-8-3-9-15-19/h1-16,25H,(H,24,27)/t21-,22-/m1/s1. The Balaban J connectivity index is 1.71. The highest BCUT2D eigenvalue weighted by molar-refractivity contribution is 8.14. The lowest BCUT2D eigenvalue weighted by Crippen LogP contribution is -2.60. The molecule has 0 aliphatic carbocycles. The number of para-hydroxylation sites is 1. The lowest BCUT2D eigenvalue weighted by atomic mass is 9.87. The topological polar surface area (TPSA) is 56.7 Å². The van der Waals surface area contributed by atoms with Crippen molar-refractivity contribution in [1.82, 2.24) is 10.3 Å². The average molecular weight is 386 g/mol. The minimum Gasteiger partial charge on any atom is -0.316 e. The van der Waals surface area contributed by atoms with Crippen molar-refractivity contribution in [2.75, 3.05) is 5.43 Å². The number of nitrogens with zero attached hydrogens (tertiary/aromatic N) is 2. The first kappa shape index (κ1) is 16.9. The molecule has 6 heteroatoms. The zero-order valence-electron chi connectivity index (χ0n) is 14.9. The van der Waals surface area contributed by atoms with E-state index in [0.717, 1.165) is 16.8 Å². The summed E-state index contributed by atoms with van der Waals surface area (Å²) in [5, 5.41) is 5.02. The number of amides is 1. The minimum absolute atomic E-state index is 0.107. The van der Waals surface area contributed by atoms with Crippen LogP contribution in [0.2, 0.25) is 0 Å². The number of aliphatic imine (C=N–C) groups is 1. The third-order valence-corrected chi connectivity index (χ3v) is 6.33. The molecule has 0 spiro atoms. The van der Waals surface area contributed by atoms with Crippen LogP contribution in [0.1, 0.15) is 11.1 Å². The maximum atomic E-state index is 12.7. The second-order valence-corrected chi connectivity index (χ2v) is 7.86. The molecule has 1 fully saturated rings. The van der Waals surface area contributed by atoms with E-state index in [0.29, 0.717) is 0 Å². The molecular formula is C22H18N4OS. The quantitative estimate of drug-likeness (QED) is 0.692.